The number of hydrogen-bond acceptors (Lipinski definition) is 5. The number of carbonyl (C=O) groups excluding carboxylic acids is 1. The van der Waals surface area contributed by atoms with Crippen LogP contribution in [0.1, 0.15) is 28.8 Å². The normalized spacial score (nSPS) is 14.2. The summed E-state index contributed by atoms with van der Waals surface area (Å²) >= 11 is 0. The number of carbonyl (C=O) groups is 2. The van der Waals surface area contributed by atoms with E-state index in [9.17, 15) is 14.7 Å². The number of methoxy groups -OCH3 is 1. The molecule has 8 heteroatoms. The summed E-state index contributed by atoms with van der Waals surface area (Å²) in [6.07, 6.45) is 2.88. The van der Waals surface area contributed by atoms with Crippen LogP contribution in [0.2, 0.25) is 0 Å². The number of carboxylic acid groups (broad SMARTS) is 1. The maximum absolute atomic E-state index is 12.0. The lowest BCUT2D eigenvalue weighted by atomic mass is 10.1. The van der Waals surface area contributed by atoms with Gasteiger partial charge in [-0.2, -0.15) is 0 Å². The fourth-order valence-corrected chi connectivity index (χ4v) is 3.46. The first-order valence-electron chi connectivity index (χ1n) is 9.08. The molecule has 2 heterocycles. The number of ether oxygens (including phenoxy) is 1. The third kappa shape index (κ3) is 3.40. The molecule has 148 valence electrons. The first kappa shape index (κ1) is 18.5. The van der Waals surface area contributed by atoms with Crippen molar-refractivity contribution in [3.63, 3.8) is 0 Å². The highest BCUT2D eigenvalue weighted by molar-refractivity contribution is 6.04. The molecule has 0 unspecified atom stereocenters. The summed E-state index contributed by atoms with van der Waals surface area (Å²) in [6.45, 7) is 0.687. The van der Waals surface area contributed by atoms with E-state index in [-0.39, 0.29) is 17.4 Å². The number of aromatic carboxylic acids is 1. The fraction of sp³-hybridized carbons (Fsp3) is 0.190. The van der Waals surface area contributed by atoms with Gasteiger partial charge in [0.15, 0.2) is 5.88 Å². The Morgan fingerprint density at radius 3 is 2.79 bits per heavy atom. The van der Waals surface area contributed by atoms with Gasteiger partial charge in [0.25, 0.3) is 0 Å². The Bertz CT molecular complexity index is 1150. The molecule has 1 aliphatic heterocycles. The molecule has 29 heavy (non-hydrogen) atoms. The van der Waals surface area contributed by atoms with E-state index < -0.39 is 5.97 Å². The van der Waals surface area contributed by atoms with Crippen molar-refractivity contribution in [2.45, 2.75) is 12.8 Å². The zero-order valence-corrected chi connectivity index (χ0v) is 15.7. The maximum atomic E-state index is 12.0. The molecule has 3 N–H and O–H groups in total. The van der Waals surface area contributed by atoms with Gasteiger partial charge in [-0.25, -0.2) is 4.79 Å². The van der Waals surface area contributed by atoms with E-state index in [1.165, 1.54) is 25.5 Å². The minimum Gasteiger partial charge on any atom is -0.494 e. The highest BCUT2D eigenvalue weighted by atomic mass is 16.5. The monoisotopic (exact) mass is 393 g/mol. The lowest BCUT2D eigenvalue weighted by molar-refractivity contribution is -0.117. The second-order valence-corrected chi connectivity index (χ2v) is 6.72. The number of carboxylic acids is 1. The molecule has 8 nitrogen and oxygen atoms in total. The minimum atomic E-state index is -1.04. The quantitative estimate of drug-likeness (QED) is 0.574. The molecule has 2 aromatic carbocycles. The number of nitrogens with one attached hydrogen (secondary N) is 1. The molecule has 0 atom stereocenters. The SMILES string of the molecule is COc1cc(N2CCCC2=O)ccc1N=Cc1c(O)[nH]c2cc(C(=O)O)ccc12. The Labute approximate surface area is 166 Å². The van der Waals surface area contributed by atoms with Crippen molar-refractivity contribution >= 4 is 40.4 Å². The highest BCUT2D eigenvalue weighted by Crippen LogP contribution is 2.34. The van der Waals surface area contributed by atoms with Crippen LogP contribution in [0.25, 0.3) is 10.9 Å². The lowest BCUT2D eigenvalue weighted by Gasteiger charge is -2.17. The van der Waals surface area contributed by atoms with Crippen LogP contribution in [0.5, 0.6) is 11.6 Å². The van der Waals surface area contributed by atoms with Crippen LogP contribution in [0.15, 0.2) is 41.4 Å². The average molecular weight is 393 g/mol. The molecule has 1 aliphatic rings. The van der Waals surface area contributed by atoms with E-state index in [4.69, 9.17) is 9.84 Å². The molecular formula is C21H19N3O5. The number of H-pyrrole nitrogens is 1. The van der Waals surface area contributed by atoms with E-state index in [0.29, 0.717) is 40.9 Å². The first-order chi connectivity index (χ1) is 14.0. The molecule has 0 radical (unpaired) electrons. The predicted octanol–water partition coefficient (Wildman–Crippen LogP) is 3.46. The summed E-state index contributed by atoms with van der Waals surface area (Å²) in [5, 5.41) is 20.0. The van der Waals surface area contributed by atoms with Gasteiger partial charge in [0, 0.05) is 41.8 Å². The van der Waals surface area contributed by atoms with Crippen molar-refractivity contribution in [1.82, 2.24) is 4.98 Å². The second-order valence-electron chi connectivity index (χ2n) is 6.72. The van der Waals surface area contributed by atoms with Gasteiger partial charge in [0.05, 0.1) is 18.2 Å². The van der Waals surface area contributed by atoms with Gasteiger partial charge in [-0.3, -0.25) is 9.79 Å². The number of hydrogen-bond donors (Lipinski definition) is 3. The van der Waals surface area contributed by atoms with Crippen LogP contribution < -0.4 is 9.64 Å². The molecule has 4 rings (SSSR count). The Hall–Kier alpha value is -3.81. The standard InChI is InChI=1S/C21H19N3O5/c1-29-18-10-13(24-8-2-3-19(24)25)5-7-16(18)22-11-15-14-6-4-12(21(27)28)9-17(14)23-20(15)26/h4-7,9-11,23,26H,2-3,8H2,1H3,(H,27,28). The molecule has 1 amide bonds. The van der Waals surface area contributed by atoms with Crippen molar-refractivity contribution in [1.29, 1.82) is 0 Å². The average Bonchev–Trinajstić information content (AvgIpc) is 3.27. The van der Waals surface area contributed by atoms with Crippen molar-refractivity contribution in [3.05, 3.63) is 47.5 Å². The number of rotatable bonds is 5. The Kier molecular flexibility index (Phi) is 4.67. The van der Waals surface area contributed by atoms with E-state index in [1.54, 1.807) is 23.1 Å². The van der Waals surface area contributed by atoms with Gasteiger partial charge in [-0.1, -0.05) is 6.07 Å². The van der Waals surface area contributed by atoms with Crippen LogP contribution in [0, 0.1) is 0 Å². The molecular weight excluding hydrogens is 374 g/mol. The number of aromatic amines is 1. The summed E-state index contributed by atoms with van der Waals surface area (Å²) in [4.78, 5) is 32.0. The molecule has 1 fully saturated rings. The summed E-state index contributed by atoms with van der Waals surface area (Å²) in [5.41, 5.74) is 2.37. The van der Waals surface area contributed by atoms with E-state index in [1.807, 2.05) is 6.07 Å². The smallest absolute Gasteiger partial charge is 0.335 e. The number of aromatic hydroxyl groups is 1. The van der Waals surface area contributed by atoms with Crippen LogP contribution in [0.3, 0.4) is 0 Å². The van der Waals surface area contributed by atoms with Crippen molar-refractivity contribution < 1.29 is 24.5 Å². The summed E-state index contributed by atoms with van der Waals surface area (Å²) in [6, 6.07) is 9.88. The van der Waals surface area contributed by atoms with Crippen LogP contribution in [-0.4, -0.2) is 46.9 Å². The zero-order valence-electron chi connectivity index (χ0n) is 15.7. The Morgan fingerprint density at radius 2 is 2.10 bits per heavy atom. The molecule has 1 aromatic heterocycles. The van der Waals surface area contributed by atoms with Crippen molar-refractivity contribution in [2.24, 2.45) is 4.99 Å². The third-order valence-electron chi connectivity index (χ3n) is 4.95. The summed E-state index contributed by atoms with van der Waals surface area (Å²) < 4.78 is 5.42. The molecule has 1 saturated heterocycles. The zero-order chi connectivity index (χ0) is 20.5. The number of benzene rings is 2. The Morgan fingerprint density at radius 1 is 1.28 bits per heavy atom. The van der Waals surface area contributed by atoms with Crippen molar-refractivity contribution in [3.8, 4) is 11.6 Å². The first-order valence-corrected chi connectivity index (χ1v) is 9.08. The highest BCUT2D eigenvalue weighted by Gasteiger charge is 2.22. The van der Waals surface area contributed by atoms with E-state index >= 15 is 0 Å². The topological polar surface area (TPSA) is 115 Å². The number of amides is 1. The number of nitrogens with zero attached hydrogens (tertiary/aromatic N) is 2. The molecule has 3 aromatic rings. The Balaban J connectivity index is 1.67. The van der Waals surface area contributed by atoms with Crippen LogP contribution in [-0.2, 0) is 4.79 Å². The van der Waals surface area contributed by atoms with Gasteiger partial charge in [-0.15, -0.1) is 0 Å². The van der Waals surface area contributed by atoms with Crippen LogP contribution in [0.4, 0.5) is 11.4 Å². The molecule has 0 saturated carbocycles. The fourth-order valence-electron chi connectivity index (χ4n) is 3.46. The van der Waals surface area contributed by atoms with Gasteiger partial charge in [-0.05, 0) is 30.7 Å². The minimum absolute atomic E-state index is 0.0905. The van der Waals surface area contributed by atoms with Gasteiger partial charge < -0.3 is 24.8 Å². The van der Waals surface area contributed by atoms with E-state index in [2.05, 4.69) is 9.98 Å². The predicted molar refractivity (Wildman–Crippen MR) is 109 cm³/mol. The largest absolute Gasteiger partial charge is 0.494 e. The lowest BCUT2D eigenvalue weighted by Crippen LogP contribution is -2.23. The van der Waals surface area contributed by atoms with Gasteiger partial charge >= 0.3 is 5.97 Å². The molecule has 0 bridgehead atoms. The number of aliphatic imine (C=N–C) groups is 1. The second kappa shape index (κ2) is 7.31. The van der Waals surface area contributed by atoms with E-state index in [0.717, 1.165) is 12.1 Å². The maximum Gasteiger partial charge on any atom is 0.335 e. The van der Waals surface area contributed by atoms with Crippen molar-refractivity contribution in [2.75, 3.05) is 18.6 Å². The molecule has 0 spiro atoms. The number of fused-ring (bicyclic) bond motifs is 1. The molecule has 0 aliphatic carbocycles. The van der Waals surface area contributed by atoms with Gasteiger partial charge in [0.1, 0.15) is 11.4 Å². The third-order valence-corrected chi connectivity index (χ3v) is 4.95. The number of anilines is 1. The van der Waals surface area contributed by atoms with Gasteiger partial charge in [0.2, 0.25) is 5.91 Å². The van der Waals surface area contributed by atoms with Crippen LogP contribution >= 0.6 is 0 Å². The number of aromatic nitrogens is 1. The summed E-state index contributed by atoms with van der Waals surface area (Å²) in [7, 11) is 1.53. The summed E-state index contributed by atoms with van der Waals surface area (Å²) in [5.74, 6) is -0.555.